The average molecular weight is 445 g/mol. The largest absolute Gasteiger partial charge is 0.480 e. The molecule has 1 saturated heterocycles. The number of amides is 3. The maximum Gasteiger partial charge on any atom is 0.328 e. The smallest absolute Gasteiger partial charge is 0.328 e. The first-order valence-corrected chi connectivity index (χ1v) is 9.79. The van der Waals surface area contributed by atoms with Gasteiger partial charge in [0.05, 0.1) is 19.3 Å². The van der Waals surface area contributed by atoms with Crippen molar-refractivity contribution in [1.29, 1.82) is 0 Å². The van der Waals surface area contributed by atoms with Gasteiger partial charge >= 0.3 is 5.97 Å². The van der Waals surface area contributed by atoms with Crippen molar-refractivity contribution >= 4 is 29.7 Å². The highest BCUT2D eigenvalue weighted by molar-refractivity contribution is 5.94. The Bertz CT molecular complexity index is 684. The normalized spacial score (nSPS) is 18.5. The molecule has 11 N–H and O–H groups in total. The molecule has 1 aliphatic heterocycles. The third kappa shape index (κ3) is 7.99. The van der Waals surface area contributed by atoms with Crippen molar-refractivity contribution in [2.75, 3.05) is 26.3 Å². The second-order valence-corrected chi connectivity index (χ2v) is 7.07. The van der Waals surface area contributed by atoms with E-state index < -0.39 is 61.1 Å². The number of carboxylic acid groups (broad SMARTS) is 1. The predicted octanol–water partition coefficient (Wildman–Crippen LogP) is -4.60. The number of hydrogen-bond donors (Lipinski definition) is 8. The Kier molecular flexibility index (Phi) is 10.6. The molecule has 4 unspecified atom stereocenters. The molecule has 0 aromatic carbocycles. The molecule has 0 bridgehead atoms. The average Bonchev–Trinajstić information content (AvgIpc) is 3.21. The highest BCUT2D eigenvalue weighted by Crippen LogP contribution is 2.19. The molecular formula is C17H31N7O7. The van der Waals surface area contributed by atoms with Gasteiger partial charge in [-0.2, -0.15) is 0 Å². The zero-order valence-electron chi connectivity index (χ0n) is 17.1. The molecule has 1 heterocycles. The number of aliphatic carboxylic acids is 1. The van der Waals surface area contributed by atoms with E-state index in [1.165, 1.54) is 0 Å². The van der Waals surface area contributed by atoms with Crippen LogP contribution in [-0.4, -0.2) is 100 Å². The minimum Gasteiger partial charge on any atom is -0.480 e. The highest BCUT2D eigenvalue weighted by atomic mass is 16.4. The van der Waals surface area contributed by atoms with Crippen LogP contribution < -0.4 is 27.8 Å². The molecule has 0 aromatic heterocycles. The molecule has 0 radical (unpaired) electrons. The second-order valence-electron chi connectivity index (χ2n) is 7.07. The fourth-order valence-corrected chi connectivity index (χ4v) is 3.07. The molecule has 0 aliphatic carbocycles. The van der Waals surface area contributed by atoms with Crippen LogP contribution in [0.1, 0.15) is 25.7 Å². The fraction of sp³-hybridized carbons (Fsp3) is 0.706. The molecule has 176 valence electrons. The lowest BCUT2D eigenvalue weighted by atomic mass is 10.1. The minimum atomic E-state index is -1.50. The van der Waals surface area contributed by atoms with E-state index in [9.17, 15) is 24.3 Å². The van der Waals surface area contributed by atoms with Crippen molar-refractivity contribution in [3.63, 3.8) is 0 Å². The Labute approximate surface area is 178 Å². The summed E-state index contributed by atoms with van der Waals surface area (Å²) in [6.45, 7) is -1.06. The molecule has 31 heavy (non-hydrogen) atoms. The molecule has 1 rings (SSSR count). The summed E-state index contributed by atoms with van der Waals surface area (Å²) in [5.74, 6) is -3.60. The summed E-state index contributed by atoms with van der Waals surface area (Å²) in [5, 5.41) is 32.1. The summed E-state index contributed by atoms with van der Waals surface area (Å²) >= 11 is 0. The Balaban J connectivity index is 2.70. The van der Waals surface area contributed by atoms with E-state index in [1.54, 1.807) is 0 Å². The number of likely N-dealkylation sites (tertiary alicyclic amines) is 1. The number of hydrogen-bond acceptors (Lipinski definition) is 8. The van der Waals surface area contributed by atoms with Crippen LogP contribution in [0.25, 0.3) is 0 Å². The summed E-state index contributed by atoms with van der Waals surface area (Å²) in [7, 11) is 0. The van der Waals surface area contributed by atoms with E-state index in [-0.39, 0.29) is 31.9 Å². The lowest BCUT2D eigenvalue weighted by molar-refractivity contribution is -0.146. The summed E-state index contributed by atoms with van der Waals surface area (Å²) < 4.78 is 0. The number of aliphatic imine (C=N–C) groups is 1. The van der Waals surface area contributed by atoms with Crippen molar-refractivity contribution in [3.05, 3.63) is 0 Å². The van der Waals surface area contributed by atoms with Gasteiger partial charge in [0.15, 0.2) is 5.96 Å². The third-order valence-electron chi connectivity index (χ3n) is 4.74. The van der Waals surface area contributed by atoms with E-state index in [1.807, 2.05) is 0 Å². The molecule has 14 nitrogen and oxygen atoms in total. The predicted molar refractivity (Wildman–Crippen MR) is 108 cm³/mol. The van der Waals surface area contributed by atoms with E-state index in [0.29, 0.717) is 12.8 Å². The van der Waals surface area contributed by atoms with Crippen molar-refractivity contribution in [3.8, 4) is 0 Å². The van der Waals surface area contributed by atoms with Crippen molar-refractivity contribution in [1.82, 2.24) is 15.5 Å². The Morgan fingerprint density at radius 3 is 2.29 bits per heavy atom. The van der Waals surface area contributed by atoms with Crippen LogP contribution in [0.2, 0.25) is 0 Å². The first-order valence-electron chi connectivity index (χ1n) is 9.79. The highest BCUT2D eigenvalue weighted by Gasteiger charge is 2.38. The van der Waals surface area contributed by atoms with Gasteiger partial charge in [-0.15, -0.1) is 0 Å². The van der Waals surface area contributed by atoms with Gasteiger partial charge in [-0.05, 0) is 25.7 Å². The number of carbonyl (C=O) groups is 4. The number of aliphatic hydroxyl groups is 2. The lowest BCUT2D eigenvalue weighted by Gasteiger charge is -2.29. The number of guanidine groups is 1. The SMILES string of the molecule is NC(N)=NCCCC(N)C(=O)NC(CO)C(=O)N1CCCC1C(=O)NC(CO)C(=O)O. The van der Waals surface area contributed by atoms with E-state index in [2.05, 4.69) is 15.6 Å². The third-order valence-corrected chi connectivity index (χ3v) is 4.74. The number of aliphatic hydroxyl groups excluding tert-OH is 2. The topological polar surface area (TPSA) is 247 Å². The number of nitrogens with one attached hydrogen (secondary N) is 2. The first-order chi connectivity index (χ1) is 14.6. The van der Waals surface area contributed by atoms with E-state index in [0.717, 1.165) is 4.90 Å². The van der Waals surface area contributed by atoms with Crippen LogP contribution in [0.4, 0.5) is 0 Å². The summed E-state index contributed by atoms with van der Waals surface area (Å²) in [6, 6.07) is -4.78. The number of carbonyl (C=O) groups excluding carboxylic acids is 3. The molecule has 1 aliphatic rings. The number of rotatable bonds is 12. The molecule has 0 saturated carbocycles. The number of nitrogens with two attached hydrogens (primary N) is 3. The van der Waals surface area contributed by atoms with Gasteiger partial charge in [0, 0.05) is 13.1 Å². The molecule has 0 aromatic rings. The van der Waals surface area contributed by atoms with E-state index in [4.69, 9.17) is 27.4 Å². The van der Waals surface area contributed by atoms with Crippen molar-refractivity contribution in [2.45, 2.75) is 49.9 Å². The van der Waals surface area contributed by atoms with Gasteiger partial charge in [-0.25, -0.2) is 4.79 Å². The molecule has 3 amide bonds. The molecule has 1 fully saturated rings. The van der Waals surface area contributed by atoms with Crippen LogP contribution in [-0.2, 0) is 19.2 Å². The minimum absolute atomic E-state index is 0.0816. The van der Waals surface area contributed by atoms with Gasteiger partial charge in [0.25, 0.3) is 0 Å². The van der Waals surface area contributed by atoms with Gasteiger partial charge < -0.3 is 48.1 Å². The van der Waals surface area contributed by atoms with Crippen LogP contribution in [0, 0.1) is 0 Å². The zero-order chi connectivity index (χ0) is 23.6. The first kappa shape index (κ1) is 26.1. The van der Waals surface area contributed by atoms with Gasteiger partial charge in [-0.1, -0.05) is 0 Å². The van der Waals surface area contributed by atoms with Crippen molar-refractivity contribution in [2.24, 2.45) is 22.2 Å². The summed E-state index contributed by atoms with van der Waals surface area (Å²) in [5.41, 5.74) is 16.2. The number of carboxylic acids is 1. The van der Waals surface area contributed by atoms with Crippen molar-refractivity contribution < 1.29 is 34.5 Å². The van der Waals surface area contributed by atoms with Gasteiger partial charge in [0.2, 0.25) is 17.7 Å². The Hall–Kier alpha value is -2.97. The van der Waals surface area contributed by atoms with Gasteiger partial charge in [-0.3, -0.25) is 19.4 Å². The molecule has 14 heteroatoms. The molecular weight excluding hydrogens is 414 g/mol. The zero-order valence-corrected chi connectivity index (χ0v) is 17.1. The monoisotopic (exact) mass is 445 g/mol. The number of nitrogens with zero attached hydrogens (tertiary/aromatic N) is 2. The Morgan fingerprint density at radius 1 is 1.10 bits per heavy atom. The maximum absolute atomic E-state index is 12.8. The summed E-state index contributed by atoms with van der Waals surface area (Å²) in [4.78, 5) is 53.4. The second kappa shape index (κ2) is 12.7. The maximum atomic E-state index is 12.8. The van der Waals surface area contributed by atoms with E-state index >= 15 is 0 Å². The van der Waals surface area contributed by atoms with Crippen LogP contribution in [0.15, 0.2) is 4.99 Å². The molecule has 4 atom stereocenters. The summed E-state index contributed by atoms with van der Waals surface area (Å²) in [6.07, 6.45) is 1.40. The van der Waals surface area contributed by atoms with Crippen LogP contribution >= 0.6 is 0 Å². The van der Waals surface area contributed by atoms with Crippen LogP contribution in [0.3, 0.4) is 0 Å². The quantitative estimate of drug-likeness (QED) is 0.0810. The van der Waals surface area contributed by atoms with Crippen LogP contribution in [0.5, 0.6) is 0 Å². The lowest BCUT2D eigenvalue weighted by Crippen LogP contribution is -2.58. The standard InChI is InChI=1S/C17H31N7O7/c18-9(3-1-5-21-17(19)20)13(27)22-10(7-25)15(29)24-6-2-4-12(24)14(28)23-11(8-26)16(30)31/h9-12,25-26H,1-8,18H2,(H,22,27)(H,23,28)(H,30,31)(H4,19,20,21). The Morgan fingerprint density at radius 2 is 1.74 bits per heavy atom. The van der Waals surface area contributed by atoms with Gasteiger partial charge in [0.1, 0.15) is 18.1 Å². The molecule has 0 spiro atoms. The fourth-order valence-electron chi connectivity index (χ4n) is 3.07.